The maximum atomic E-state index is 12.8. The molecule has 0 atom stereocenters. The molecular formula is C15H10F4. The average molecular weight is 266 g/mol. The summed E-state index contributed by atoms with van der Waals surface area (Å²) >= 11 is 0. The average Bonchev–Trinajstić information content (AvgIpc) is 2.39. The highest BCUT2D eigenvalue weighted by atomic mass is 19.4. The molecule has 0 saturated heterocycles. The number of rotatable bonds is 2. The zero-order valence-corrected chi connectivity index (χ0v) is 9.79. The smallest absolute Gasteiger partial charge is 0.215 e. The predicted octanol–water partition coefficient (Wildman–Crippen LogP) is 5.23. The van der Waals surface area contributed by atoms with Crippen molar-refractivity contribution in [3.63, 3.8) is 0 Å². The summed E-state index contributed by atoms with van der Waals surface area (Å²) in [4.78, 5) is 0. The standard InChI is InChI=1S/C15H10F4/c16-10-14(15(17,18)19)13-9-5-4-8-12(13)11-6-2-1-3-7-11/h1-10H. The molecule has 0 unspecified atom stereocenters. The van der Waals surface area contributed by atoms with Crippen LogP contribution in [0.25, 0.3) is 16.7 Å². The van der Waals surface area contributed by atoms with E-state index in [2.05, 4.69) is 0 Å². The van der Waals surface area contributed by atoms with Gasteiger partial charge in [-0.3, -0.25) is 0 Å². The van der Waals surface area contributed by atoms with Gasteiger partial charge in [-0.1, -0.05) is 54.6 Å². The summed E-state index contributed by atoms with van der Waals surface area (Å²) in [6.07, 6.45) is -5.11. The second-order valence-electron chi connectivity index (χ2n) is 3.93. The van der Waals surface area contributed by atoms with Gasteiger partial charge in [-0.2, -0.15) is 13.2 Å². The number of allylic oxidation sites excluding steroid dienone is 1. The van der Waals surface area contributed by atoms with Crippen LogP contribution in [0.4, 0.5) is 17.6 Å². The summed E-state index contributed by atoms with van der Waals surface area (Å²) in [5.74, 6) is 0. The van der Waals surface area contributed by atoms with Crippen LogP contribution in [-0.4, -0.2) is 6.18 Å². The molecule has 0 saturated carbocycles. The Morgan fingerprint density at radius 1 is 0.842 bits per heavy atom. The highest BCUT2D eigenvalue weighted by Crippen LogP contribution is 2.38. The Morgan fingerprint density at radius 3 is 2.00 bits per heavy atom. The zero-order valence-electron chi connectivity index (χ0n) is 9.79. The third kappa shape index (κ3) is 2.84. The monoisotopic (exact) mass is 266 g/mol. The first-order chi connectivity index (χ1) is 9.04. The minimum atomic E-state index is -4.72. The van der Waals surface area contributed by atoms with Gasteiger partial charge in [0.05, 0.1) is 11.9 Å². The molecule has 0 aliphatic heterocycles. The molecule has 0 amide bonds. The van der Waals surface area contributed by atoms with Gasteiger partial charge in [0.1, 0.15) is 0 Å². The normalized spacial score (nSPS) is 12.5. The molecule has 19 heavy (non-hydrogen) atoms. The molecule has 0 radical (unpaired) electrons. The number of halogens is 4. The van der Waals surface area contributed by atoms with Gasteiger partial charge in [-0.05, 0) is 16.7 Å². The lowest BCUT2D eigenvalue weighted by atomic mass is 9.95. The minimum Gasteiger partial charge on any atom is -0.215 e. The summed E-state index contributed by atoms with van der Waals surface area (Å²) in [7, 11) is 0. The first kappa shape index (κ1) is 13.3. The molecule has 0 nitrogen and oxygen atoms in total. The molecular weight excluding hydrogens is 256 g/mol. The van der Waals surface area contributed by atoms with Gasteiger partial charge < -0.3 is 0 Å². The second-order valence-corrected chi connectivity index (χ2v) is 3.93. The number of hydrogen-bond acceptors (Lipinski definition) is 0. The second kappa shape index (κ2) is 5.26. The van der Waals surface area contributed by atoms with Gasteiger partial charge in [-0.25, -0.2) is 4.39 Å². The minimum absolute atomic E-state index is 0.163. The van der Waals surface area contributed by atoms with Crippen molar-refractivity contribution in [3.05, 3.63) is 66.5 Å². The van der Waals surface area contributed by atoms with Crippen LogP contribution in [0, 0.1) is 0 Å². The molecule has 0 N–H and O–H groups in total. The van der Waals surface area contributed by atoms with Crippen molar-refractivity contribution in [2.24, 2.45) is 0 Å². The SMILES string of the molecule is FC=C(c1ccccc1-c1ccccc1)C(F)(F)F. The zero-order chi connectivity index (χ0) is 13.9. The number of alkyl halides is 3. The lowest BCUT2D eigenvalue weighted by molar-refractivity contribution is -0.0694. The van der Waals surface area contributed by atoms with Crippen molar-refractivity contribution in [1.82, 2.24) is 0 Å². The molecule has 0 fully saturated rings. The van der Waals surface area contributed by atoms with Crippen molar-refractivity contribution in [3.8, 4) is 11.1 Å². The molecule has 0 aliphatic carbocycles. The van der Waals surface area contributed by atoms with Crippen molar-refractivity contribution < 1.29 is 17.6 Å². The highest BCUT2D eigenvalue weighted by Gasteiger charge is 2.36. The van der Waals surface area contributed by atoms with E-state index in [1.54, 1.807) is 42.5 Å². The maximum Gasteiger partial charge on any atom is 0.419 e. The van der Waals surface area contributed by atoms with Gasteiger partial charge in [0, 0.05) is 0 Å². The van der Waals surface area contributed by atoms with Crippen molar-refractivity contribution in [2.45, 2.75) is 6.18 Å². The van der Waals surface area contributed by atoms with E-state index in [0.717, 1.165) is 0 Å². The Bertz CT molecular complexity index is 583. The molecule has 0 heterocycles. The van der Waals surface area contributed by atoms with E-state index in [0.29, 0.717) is 11.1 Å². The largest absolute Gasteiger partial charge is 0.419 e. The van der Waals surface area contributed by atoms with Crippen LogP contribution in [0.5, 0.6) is 0 Å². The molecule has 0 bridgehead atoms. The maximum absolute atomic E-state index is 12.8. The van der Waals surface area contributed by atoms with E-state index < -0.39 is 11.7 Å². The highest BCUT2D eigenvalue weighted by molar-refractivity contribution is 5.82. The molecule has 2 aromatic carbocycles. The van der Waals surface area contributed by atoms with Crippen LogP contribution in [0.3, 0.4) is 0 Å². The molecule has 0 aliphatic rings. The summed E-state index contributed by atoms with van der Waals surface area (Å²) < 4.78 is 51.0. The summed E-state index contributed by atoms with van der Waals surface area (Å²) in [6.45, 7) is 0. The van der Waals surface area contributed by atoms with Crippen molar-refractivity contribution in [2.75, 3.05) is 0 Å². The van der Waals surface area contributed by atoms with Crippen molar-refractivity contribution >= 4 is 5.57 Å². The third-order valence-electron chi connectivity index (χ3n) is 2.72. The van der Waals surface area contributed by atoms with Crippen LogP contribution in [-0.2, 0) is 0 Å². The Morgan fingerprint density at radius 2 is 1.42 bits per heavy atom. The molecule has 4 heteroatoms. The lowest BCUT2D eigenvalue weighted by Crippen LogP contribution is -2.11. The molecule has 98 valence electrons. The number of hydrogen-bond donors (Lipinski definition) is 0. The fourth-order valence-electron chi connectivity index (χ4n) is 1.86. The molecule has 2 aromatic rings. The van der Waals surface area contributed by atoms with E-state index >= 15 is 0 Å². The predicted molar refractivity (Wildman–Crippen MR) is 67.0 cm³/mol. The molecule has 0 aromatic heterocycles. The molecule has 0 spiro atoms. The van der Waals surface area contributed by atoms with Gasteiger partial charge in [0.2, 0.25) is 0 Å². The van der Waals surface area contributed by atoms with Crippen LogP contribution >= 0.6 is 0 Å². The van der Waals surface area contributed by atoms with E-state index in [4.69, 9.17) is 0 Å². The number of benzene rings is 2. The van der Waals surface area contributed by atoms with E-state index in [1.165, 1.54) is 12.1 Å². The fraction of sp³-hybridized carbons (Fsp3) is 0.0667. The lowest BCUT2D eigenvalue weighted by Gasteiger charge is -2.14. The van der Waals surface area contributed by atoms with E-state index in [1.807, 2.05) is 0 Å². The first-order valence-corrected chi connectivity index (χ1v) is 5.56. The van der Waals surface area contributed by atoms with E-state index in [9.17, 15) is 17.6 Å². The summed E-state index contributed by atoms with van der Waals surface area (Å²) in [5.41, 5.74) is -0.471. The topological polar surface area (TPSA) is 0 Å². The third-order valence-corrected chi connectivity index (χ3v) is 2.72. The first-order valence-electron chi connectivity index (χ1n) is 5.56. The van der Waals surface area contributed by atoms with Crippen molar-refractivity contribution in [1.29, 1.82) is 0 Å². The van der Waals surface area contributed by atoms with Gasteiger partial charge in [-0.15, -0.1) is 0 Å². The Labute approximate surface area is 108 Å². The van der Waals surface area contributed by atoms with E-state index in [-0.39, 0.29) is 11.9 Å². The quantitative estimate of drug-likeness (QED) is 0.653. The summed E-state index contributed by atoms with van der Waals surface area (Å²) in [5, 5.41) is 0. The summed E-state index contributed by atoms with van der Waals surface area (Å²) in [6, 6.07) is 14.5. The van der Waals surface area contributed by atoms with Crippen LogP contribution in [0.15, 0.2) is 60.9 Å². The van der Waals surface area contributed by atoms with Crippen LogP contribution in [0.2, 0.25) is 0 Å². The molecule has 2 rings (SSSR count). The van der Waals surface area contributed by atoms with Gasteiger partial charge in [0.15, 0.2) is 0 Å². The fourth-order valence-corrected chi connectivity index (χ4v) is 1.86. The van der Waals surface area contributed by atoms with Gasteiger partial charge in [0.25, 0.3) is 0 Å². The van der Waals surface area contributed by atoms with Crippen LogP contribution < -0.4 is 0 Å². The Balaban J connectivity index is 2.60. The Kier molecular flexibility index (Phi) is 3.69. The van der Waals surface area contributed by atoms with Crippen LogP contribution in [0.1, 0.15) is 5.56 Å². The Hall–Kier alpha value is -2.10. The van der Waals surface area contributed by atoms with Gasteiger partial charge >= 0.3 is 6.18 Å².